The quantitative estimate of drug-likeness (QED) is 0.673. The standard InChI is InChI=1S/C18H29N3/c1-3-5-6-7-10-14-21-17-13-9-8-12-16(17)20-18(21)15(19)11-4-2/h8-9,12-13,15H,3-7,10-11,14,19H2,1-2H3. The predicted octanol–water partition coefficient (Wildman–Crippen LogP) is 4.81. The van der Waals surface area contributed by atoms with Gasteiger partial charge < -0.3 is 10.3 Å². The predicted molar refractivity (Wildman–Crippen MR) is 90.3 cm³/mol. The zero-order valence-corrected chi connectivity index (χ0v) is 13.5. The molecule has 1 aromatic carbocycles. The zero-order chi connectivity index (χ0) is 15.1. The van der Waals surface area contributed by atoms with E-state index in [9.17, 15) is 0 Å². The minimum atomic E-state index is 0.0537. The average molecular weight is 287 g/mol. The summed E-state index contributed by atoms with van der Waals surface area (Å²) >= 11 is 0. The normalized spacial score (nSPS) is 12.9. The van der Waals surface area contributed by atoms with Crippen LogP contribution in [0.25, 0.3) is 11.0 Å². The maximum absolute atomic E-state index is 6.34. The molecule has 0 aliphatic heterocycles. The highest BCUT2D eigenvalue weighted by Gasteiger charge is 2.15. The Morgan fingerprint density at radius 3 is 2.57 bits per heavy atom. The minimum Gasteiger partial charge on any atom is -0.327 e. The lowest BCUT2D eigenvalue weighted by Crippen LogP contribution is -2.16. The zero-order valence-electron chi connectivity index (χ0n) is 13.5. The van der Waals surface area contributed by atoms with E-state index in [0.29, 0.717) is 0 Å². The number of hydrogen-bond donors (Lipinski definition) is 1. The van der Waals surface area contributed by atoms with Crippen LogP contribution in [0.15, 0.2) is 24.3 Å². The fourth-order valence-electron chi connectivity index (χ4n) is 2.93. The summed E-state index contributed by atoms with van der Waals surface area (Å²) in [4.78, 5) is 4.78. The van der Waals surface area contributed by atoms with Gasteiger partial charge in [-0.25, -0.2) is 4.98 Å². The first-order valence-electron chi connectivity index (χ1n) is 8.48. The second kappa shape index (κ2) is 8.18. The summed E-state index contributed by atoms with van der Waals surface area (Å²) in [6.45, 7) is 5.47. The lowest BCUT2D eigenvalue weighted by atomic mass is 10.1. The van der Waals surface area contributed by atoms with Crippen LogP contribution in [0.2, 0.25) is 0 Å². The molecule has 2 aromatic rings. The Kier molecular flexibility index (Phi) is 6.24. The molecule has 116 valence electrons. The van der Waals surface area contributed by atoms with Gasteiger partial charge in [0.1, 0.15) is 5.82 Å². The number of fused-ring (bicyclic) bond motifs is 1. The molecule has 1 atom stereocenters. The molecule has 0 aliphatic rings. The van der Waals surface area contributed by atoms with E-state index in [1.165, 1.54) is 37.6 Å². The lowest BCUT2D eigenvalue weighted by Gasteiger charge is -2.14. The topological polar surface area (TPSA) is 43.8 Å². The van der Waals surface area contributed by atoms with Crippen molar-refractivity contribution in [3.8, 4) is 0 Å². The average Bonchev–Trinajstić information content (AvgIpc) is 2.86. The molecule has 1 unspecified atom stereocenters. The number of aryl methyl sites for hydroxylation is 1. The minimum absolute atomic E-state index is 0.0537. The molecule has 0 fully saturated rings. The van der Waals surface area contributed by atoms with Gasteiger partial charge in [-0.2, -0.15) is 0 Å². The third-order valence-electron chi connectivity index (χ3n) is 4.10. The molecule has 0 amide bonds. The van der Waals surface area contributed by atoms with E-state index in [1.807, 2.05) is 0 Å². The lowest BCUT2D eigenvalue weighted by molar-refractivity contribution is 0.523. The van der Waals surface area contributed by atoms with Crippen LogP contribution in [0.3, 0.4) is 0 Å². The van der Waals surface area contributed by atoms with Gasteiger partial charge in [-0.15, -0.1) is 0 Å². The molecule has 3 heteroatoms. The van der Waals surface area contributed by atoms with Gasteiger partial charge >= 0.3 is 0 Å². The molecule has 0 aliphatic carbocycles. The number of hydrogen-bond acceptors (Lipinski definition) is 2. The molecule has 0 saturated heterocycles. The summed E-state index contributed by atoms with van der Waals surface area (Å²) in [7, 11) is 0. The van der Waals surface area contributed by atoms with Crippen LogP contribution in [0, 0.1) is 0 Å². The summed E-state index contributed by atoms with van der Waals surface area (Å²) in [6.07, 6.45) is 8.57. The van der Waals surface area contributed by atoms with Crippen molar-refractivity contribution in [2.24, 2.45) is 5.73 Å². The first kappa shape index (κ1) is 16.0. The molecule has 3 nitrogen and oxygen atoms in total. The van der Waals surface area contributed by atoms with Crippen molar-refractivity contribution in [1.29, 1.82) is 0 Å². The van der Waals surface area contributed by atoms with Crippen LogP contribution >= 0.6 is 0 Å². The molecule has 0 saturated carbocycles. The highest BCUT2D eigenvalue weighted by Crippen LogP contribution is 2.23. The van der Waals surface area contributed by atoms with Crippen molar-refractivity contribution < 1.29 is 0 Å². The van der Waals surface area contributed by atoms with Crippen LogP contribution in [-0.2, 0) is 6.54 Å². The molecule has 2 N–H and O–H groups in total. The molecule has 0 radical (unpaired) electrons. The van der Waals surface area contributed by atoms with Crippen molar-refractivity contribution >= 4 is 11.0 Å². The van der Waals surface area contributed by atoms with Gasteiger partial charge in [0.15, 0.2) is 0 Å². The van der Waals surface area contributed by atoms with Gasteiger partial charge in [0, 0.05) is 6.54 Å². The molecular formula is C18H29N3. The van der Waals surface area contributed by atoms with E-state index in [0.717, 1.165) is 30.7 Å². The Balaban J connectivity index is 2.15. The summed E-state index contributed by atoms with van der Waals surface area (Å²) in [5.41, 5.74) is 8.65. The first-order valence-corrected chi connectivity index (χ1v) is 8.48. The van der Waals surface area contributed by atoms with Gasteiger partial charge in [-0.05, 0) is 25.0 Å². The van der Waals surface area contributed by atoms with Crippen LogP contribution in [-0.4, -0.2) is 9.55 Å². The number of nitrogens with two attached hydrogens (primary N) is 1. The van der Waals surface area contributed by atoms with Crippen molar-refractivity contribution in [2.45, 2.75) is 71.4 Å². The van der Waals surface area contributed by atoms with Crippen molar-refractivity contribution in [1.82, 2.24) is 9.55 Å². The summed E-state index contributed by atoms with van der Waals surface area (Å²) in [5.74, 6) is 1.06. The fraction of sp³-hybridized carbons (Fsp3) is 0.611. The van der Waals surface area contributed by atoms with E-state index in [1.54, 1.807) is 0 Å². The van der Waals surface area contributed by atoms with Crippen molar-refractivity contribution in [2.75, 3.05) is 0 Å². The summed E-state index contributed by atoms with van der Waals surface area (Å²) < 4.78 is 2.35. The second-order valence-electron chi connectivity index (χ2n) is 5.92. The highest BCUT2D eigenvalue weighted by atomic mass is 15.1. The highest BCUT2D eigenvalue weighted by molar-refractivity contribution is 5.76. The van der Waals surface area contributed by atoms with Crippen molar-refractivity contribution in [3.05, 3.63) is 30.1 Å². The number of nitrogens with zero attached hydrogens (tertiary/aromatic N) is 2. The molecule has 1 aromatic heterocycles. The Labute approximate surface area is 128 Å². The summed E-state index contributed by atoms with van der Waals surface area (Å²) in [6, 6.07) is 8.45. The third-order valence-corrected chi connectivity index (χ3v) is 4.10. The SMILES string of the molecule is CCCCCCCn1c(C(N)CCC)nc2ccccc21. The Hall–Kier alpha value is -1.35. The van der Waals surface area contributed by atoms with Crippen molar-refractivity contribution in [3.63, 3.8) is 0 Å². The van der Waals surface area contributed by atoms with Crippen LogP contribution < -0.4 is 5.73 Å². The molecule has 2 rings (SSSR count). The molecular weight excluding hydrogens is 258 g/mol. The number of imidazole rings is 1. The first-order chi connectivity index (χ1) is 10.3. The van der Waals surface area contributed by atoms with Gasteiger partial charge in [0.25, 0.3) is 0 Å². The van der Waals surface area contributed by atoms with Gasteiger partial charge in [-0.1, -0.05) is 58.1 Å². The maximum Gasteiger partial charge on any atom is 0.126 e. The molecule has 1 heterocycles. The smallest absolute Gasteiger partial charge is 0.126 e. The van der Waals surface area contributed by atoms with Crippen LogP contribution in [0.4, 0.5) is 0 Å². The van der Waals surface area contributed by atoms with Gasteiger partial charge in [0.2, 0.25) is 0 Å². The molecule has 0 spiro atoms. The number of unbranched alkanes of at least 4 members (excludes halogenated alkanes) is 4. The number of aromatic nitrogens is 2. The third kappa shape index (κ3) is 4.07. The second-order valence-corrected chi connectivity index (χ2v) is 5.92. The Morgan fingerprint density at radius 2 is 1.81 bits per heavy atom. The number of benzene rings is 1. The van der Waals surface area contributed by atoms with E-state index in [4.69, 9.17) is 10.7 Å². The largest absolute Gasteiger partial charge is 0.327 e. The number of rotatable bonds is 9. The summed E-state index contributed by atoms with van der Waals surface area (Å²) in [5, 5.41) is 0. The monoisotopic (exact) mass is 287 g/mol. The van der Waals surface area contributed by atoms with Gasteiger partial charge in [0.05, 0.1) is 17.1 Å². The van der Waals surface area contributed by atoms with E-state index >= 15 is 0 Å². The van der Waals surface area contributed by atoms with E-state index in [-0.39, 0.29) is 6.04 Å². The molecule has 0 bridgehead atoms. The van der Waals surface area contributed by atoms with Crippen LogP contribution in [0.5, 0.6) is 0 Å². The van der Waals surface area contributed by atoms with E-state index < -0.39 is 0 Å². The van der Waals surface area contributed by atoms with Crippen LogP contribution in [0.1, 0.15) is 70.7 Å². The van der Waals surface area contributed by atoms with Gasteiger partial charge in [-0.3, -0.25) is 0 Å². The maximum atomic E-state index is 6.34. The van der Waals surface area contributed by atoms with E-state index in [2.05, 4.69) is 42.7 Å². The Bertz CT molecular complexity index is 544. The number of para-hydroxylation sites is 2. The Morgan fingerprint density at radius 1 is 1.05 bits per heavy atom. The molecule has 21 heavy (non-hydrogen) atoms. The fourth-order valence-corrected chi connectivity index (χ4v) is 2.93.